The minimum atomic E-state index is -0.0603. The van der Waals surface area contributed by atoms with E-state index in [1.54, 1.807) is 12.4 Å². The lowest BCUT2D eigenvalue weighted by molar-refractivity contribution is -0.125. The highest BCUT2D eigenvalue weighted by Gasteiger charge is 2.26. The van der Waals surface area contributed by atoms with Gasteiger partial charge in [-0.05, 0) is 44.0 Å². The Morgan fingerprint density at radius 1 is 1.14 bits per heavy atom. The zero-order chi connectivity index (χ0) is 19.3. The van der Waals surface area contributed by atoms with Gasteiger partial charge in [-0.1, -0.05) is 6.07 Å². The molecule has 0 saturated carbocycles. The molecule has 1 aliphatic heterocycles. The topological polar surface area (TPSA) is 88.8 Å². The molecule has 144 valence electrons. The number of carbonyl (C=O) groups excluding carboxylic acids is 1. The van der Waals surface area contributed by atoms with Crippen molar-refractivity contribution in [2.75, 3.05) is 18.0 Å². The van der Waals surface area contributed by atoms with E-state index in [1.807, 2.05) is 48.0 Å². The molecule has 1 fully saturated rings. The number of carbonyl (C=O) groups is 1. The number of piperidine rings is 1. The second-order valence-electron chi connectivity index (χ2n) is 6.92. The number of imidazole rings is 1. The molecule has 4 rings (SSSR count). The summed E-state index contributed by atoms with van der Waals surface area (Å²) in [6, 6.07) is 9.58. The van der Waals surface area contributed by atoms with E-state index in [1.165, 1.54) is 0 Å². The number of amides is 1. The maximum atomic E-state index is 12.6. The zero-order valence-electron chi connectivity index (χ0n) is 15.8. The van der Waals surface area contributed by atoms with Crippen molar-refractivity contribution in [2.45, 2.75) is 26.3 Å². The summed E-state index contributed by atoms with van der Waals surface area (Å²) >= 11 is 0. The Hall–Kier alpha value is -3.29. The summed E-state index contributed by atoms with van der Waals surface area (Å²) in [5.41, 5.74) is 0.861. The van der Waals surface area contributed by atoms with Crippen LogP contribution in [0.4, 0.5) is 5.82 Å². The van der Waals surface area contributed by atoms with Gasteiger partial charge in [0.2, 0.25) is 5.91 Å². The average molecular weight is 377 g/mol. The maximum absolute atomic E-state index is 12.6. The summed E-state index contributed by atoms with van der Waals surface area (Å²) in [6.45, 7) is 3.90. The Kier molecular flexibility index (Phi) is 5.27. The molecule has 1 atom stereocenters. The first kappa shape index (κ1) is 18.1. The van der Waals surface area contributed by atoms with Crippen LogP contribution in [0.3, 0.4) is 0 Å². The van der Waals surface area contributed by atoms with Crippen molar-refractivity contribution in [2.24, 2.45) is 5.92 Å². The molecule has 8 nitrogen and oxygen atoms in total. The second kappa shape index (κ2) is 8.16. The summed E-state index contributed by atoms with van der Waals surface area (Å²) in [5, 5.41) is 11.7. The number of nitrogens with one attached hydrogen (secondary N) is 1. The van der Waals surface area contributed by atoms with E-state index in [0.717, 1.165) is 42.5 Å². The molecule has 0 bridgehead atoms. The fourth-order valence-corrected chi connectivity index (χ4v) is 3.46. The number of aromatic nitrogens is 5. The fraction of sp³-hybridized carbons (Fsp3) is 0.350. The molecule has 3 aromatic heterocycles. The van der Waals surface area contributed by atoms with E-state index >= 15 is 0 Å². The summed E-state index contributed by atoms with van der Waals surface area (Å²) in [5.74, 6) is 2.40. The molecule has 3 aromatic rings. The molecule has 1 amide bonds. The van der Waals surface area contributed by atoms with E-state index in [4.69, 9.17) is 0 Å². The Labute approximate surface area is 163 Å². The molecule has 28 heavy (non-hydrogen) atoms. The first-order valence-corrected chi connectivity index (χ1v) is 9.47. The van der Waals surface area contributed by atoms with Crippen LogP contribution >= 0.6 is 0 Å². The highest BCUT2D eigenvalue weighted by Crippen LogP contribution is 2.22. The van der Waals surface area contributed by atoms with Crippen LogP contribution < -0.4 is 10.2 Å². The smallest absolute Gasteiger partial charge is 0.225 e. The van der Waals surface area contributed by atoms with Crippen molar-refractivity contribution < 1.29 is 4.79 Å². The first-order chi connectivity index (χ1) is 13.7. The number of anilines is 1. The average Bonchev–Trinajstić information content (AvgIpc) is 3.19. The molecule has 0 aliphatic carbocycles. The number of hydrogen-bond donors (Lipinski definition) is 1. The first-order valence-electron chi connectivity index (χ1n) is 9.47. The van der Waals surface area contributed by atoms with Crippen LogP contribution in [0.25, 0.3) is 5.82 Å². The standard InChI is InChI=1S/C20H23N7O/c1-15-21-10-12-27(15)19-8-7-18(24-25-19)26-11-4-5-16(14-26)20(28)23-13-17-6-2-3-9-22-17/h2-3,6-10,12,16H,4-5,11,13-14H2,1H3,(H,23,28). The zero-order valence-corrected chi connectivity index (χ0v) is 15.8. The molecule has 8 heteroatoms. The molecule has 1 unspecified atom stereocenters. The molecule has 4 heterocycles. The van der Waals surface area contributed by atoms with Gasteiger partial charge in [-0.25, -0.2) is 4.98 Å². The fourth-order valence-electron chi connectivity index (χ4n) is 3.46. The largest absolute Gasteiger partial charge is 0.354 e. The van der Waals surface area contributed by atoms with Crippen LogP contribution in [0.2, 0.25) is 0 Å². The molecule has 1 N–H and O–H groups in total. The molecule has 0 radical (unpaired) electrons. The Balaban J connectivity index is 1.38. The van der Waals surface area contributed by atoms with Crippen molar-refractivity contribution >= 4 is 11.7 Å². The van der Waals surface area contributed by atoms with Gasteiger partial charge in [0, 0.05) is 31.7 Å². The highest BCUT2D eigenvalue weighted by molar-refractivity contribution is 5.79. The predicted octanol–water partition coefficient (Wildman–Crippen LogP) is 1.90. The van der Waals surface area contributed by atoms with Crippen LogP contribution in [0.1, 0.15) is 24.4 Å². The van der Waals surface area contributed by atoms with Gasteiger partial charge in [-0.2, -0.15) is 0 Å². The van der Waals surface area contributed by atoms with Gasteiger partial charge in [0.15, 0.2) is 11.6 Å². The van der Waals surface area contributed by atoms with Crippen molar-refractivity contribution in [1.82, 2.24) is 30.0 Å². The molecule has 1 aliphatic rings. The third-order valence-electron chi connectivity index (χ3n) is 5.00. The molecular formula is C20H23N7O. The van der Waals surface area contributed by atoms with Gasteiger partial charge in [0.1, 0.15) is 5.82 Å². The van der Waals surface area contributed by atoms with Gasteiger partial charge in [-0.3, -0.25) is 14.3 Å². The number of pyridine rings is 1. The van der Waals surface area contributed by atoms with Gasteiger partial charge in [0.05, 0.1) is 18.2 Å². The van der Waals surface area contributed by atoms with Gasteiger partial charge >= 0.3 is 0 Å². The Bertz CT molecular complexity index is 923. The number of rotatable bonds is 5. The lowest BCUT2D eigenvalue weighted by atomic mass is 9.97. The molecule has 0 aromatic carbocycles. The lowest BCUT2D eigenvalue weighted by Crippen LogP contribution is -2.43. The molecule has 1 saturated heterocycles. The summed E-state index contributed by atoms with van der Waals surface area (Å²) < 4.78 is 1.89. The highest BCUT2D eigenvalue weighted by atomic mass is 16.1. The van der Waals surface area contributed by atoms with Gasteiger partial charge < -0.3 is 10.2 Å². The Morgan fingerprint density at radius 3 is 2.71 bits per heavy atom. The van der Waals surface area contributed by atoms with Crippen molar-refractivity contribution in [3.8, 4) is 5.82 Å². The summed E-state index contributed by atoms with van der Waals surface area (Å²) in [6.07, 6.45) is 7.17. The monoisotopic (exact) mass is 377 g/mol. The Morgan fingerprint density at radius 2 is 2.00 bits per heavy atom. The van der Waals surface area contributed by atoms with Crippen molar-refractivity contribution in [3.63, 3.8) is 0 Å². The summed E-state index contributed by atoms with van der Waals surface area (Å²) in [7, 11) is 0. The quantitative estimate of drug-likeness (QED) is 0.731. The van der Waals surface area contributed by atoms with Gasteiger partial charge in [-0.15, -0.1) is 10.2 Å². The third kappa shape index (κ3) is 4.00. The van der Waals surface area contributed by atoms with E-state index in [-0.39, 0.29) is 11.8 Å². The predicted molar refractivity (Wildman–Crippen MR) is 105 cm³/mol. The minimum Gasteiger partial charge on any atom is -0.354 e. The van der Waals surface area contributed by atoms with E-state index < -0.39 is 0 Å². The van der Waals surface area contributed by atoms with E-state index in [0.29, 0.717) is 13.1 Å². The van der Waals surface area contributed by atoms with Crippen LogP contribution in [0.5, 0.6) is 0 Å². The number of hydrogen-bond acceptors (Lipinski definition) is 6. The molecule has 0 spiro atoms. The summed E-state index contributed by atoms with van der Waals surface area (Å²) in [4.78, 5) is 23.2. The third-order valence-corrected chi connectivity index (χ3v) is 5.00. The molecular weight excluding hydrogens is 354 g/mol. The second-order valence-corrected chi connectivity index (χ2v) is 6.92. The van der Waals surface area contributed by atoms with Crippen molar-refractivity contribution in [3.05, 3.63) is 60.4 Å². The normalized spacial score (nSPS) is 16.8. The van der Waals surface area contributed by atoms with Crippen molar-refractivity contribution in [1.29, 1.82) is 0 Å². The van der Waals surface area contributed by atoms with Crippen LogP contribution in [-0.2, 0) is 11.3 Å². The van der Waals surface area contributed by atoms with E-state index in [2.05, 4.69) is 30.4 Å². The number of aryl methyl sites for hydroxylation is 1. The van der Waals surface area contributed by atoms with E-state index in [9.17, 15) is 4.79 Å². The maximum Gasteiger partial charge on any atom is 0.225 e. The lowest BCUT2D eigenvalue weighted by Gasteiger charge is -2.32. The number of nitrogens with zero attached hydrogens (tertiary/aromatic N) is 6. The van der Waals surface area contributed by atoms with Crippen LogP contribution in [-0.4, -0.2) is 43.7 Å². The SMILES string of the molecule is Cc1nccn1-c1ccc(N2CCCC(C(=O)NCc3ccccn3)C2)nn1. The van der Waals surface area contributed by atoms with Crippen LogP contribution in [0, 0.1) is 12.8 Å². The van der Waals surface area contributed by atoms with Crippen LogP contribution in [0.15, 0.2) is 48.9 Å². The van der Waals surface area contributed by atoms with Gasteiger partial charge in [0.25, 0.3) is 0 Å². The minimum absolute atomic E-state index is 0.0603.